The first-order valence-electron chi connectivity index (χ1n) is 5.84. The van der Waals surface area contributed by atoms with E-state index >= 15 is 0 Å². The topological polar surface area (TPSA) is 55.6 Å². The number of carbonyl (C=O) groups excluding carboxylic acids is 1. The van der Waals surface area contributed by atoms with Gasteiger partial charge in [0.05, 0.1) is 6.54 Å². The van der Waals surface area contributed by atoms with Gasteiger partial charge in [0.1, 0.15) is 5.60 Å². The zero-order chi connectivity index (χ0) is 10.9. The Hall–Kier alpha value is -0.770. The highest BCUT2D eigenvalue weighted by molar-refractivity contribution is 5.71. The summed E-state index contributed by atoms with van der Waals surface area (Å²) >= 11 is 0. The van der Waals surface area contributed by atoms with Gasteiger partial charge in [-0.1, -0.05) is 0 Å². The SMILES string of the molecule is CC1(CCCN)CN(C2CCC2)C(=O)O1. The molecule has 4 nitrogen and oxygen atoms in total. The van der Waals surface area contributed by atoms with Crippen LogP contribution in [0.15, 0.2) is 0 Å². The highest BCUT2D eigenvalue weighted by Crippen LogP contribution is 2.34. The second-order valence-corrected chi connectivity index (χ2v) is 4.92. The van der Waals surface area contributed by atoms with Crippen LogP contribution in [0.2, 0.25) is 0 Å². The quantitative estimate of drug-likeness (QED) is 0.768. The van der Waals surface area contributed by atoms with Crippen molar-refractivity contribution in [2.45, 2.75) is 50.7 Å². The summed E-state index contributed by atoms with van der Waals surface area (Å²) in [6.45, 7) is 3.42. The fraction of sp³-hybridized carbons (Fsp3) is 0.909. The highest BCUT2D eigenvalue weighted by atomic mass is 16.6. The molecule has 0 aromatic carbocycles. The van der Waals surface area contributed by atoms with E-state index in [2.05, 4.69) is 0 Å². The summed E-state index contributed by atoms with van der Waals surface area (Å²) in [7, 11) is 0. The Balaban J connectivity index is 1.92. The van der Waals surface area contributed by atoms with Crippen LogP contribution in [-0.4, -0.2) is 35.7 Å². The summed E-state index contributed by atoms with van der Waals surface area (Å²) in [5, 5.41) is 0. The van der Waals surface area contributed by atoms with E-state index < -0.39 is 0 Å². The third kappa shape index (κ3) is 2.09. The van der Waals surface area contributed by atoms with Crippen LogP contribution in [0, 0.1) is 0 Å². The van der Waals surface area contributed by atoms with Crippen molar-refractivity contribution in [1.29, 1.82) is 0 Å². The number of nitrogens with zero attached hydrogens (tertiary/aromatic N) is 1. The monoisotopic (exact) mass is 212 g/mol. The predicted molar refractivity (Wildman–Crippen MR) is 57.5 cm³/mol. The van der Waals surface area contributed by atoms with Crippen LogP contribution >= 0.6 is 0 Å². The number of cyclic esters (lactones) is 1. The molecule has 0 spiro atoms. The molecule has 0 bridgehead atoms. The Morgan fingerprint density at radius 1 is 1.60 bits per heavy atom. The van der Waals surface area contributed by atoms with Gasteiger partial charge in [0.15, 0.2) is 0 Å². The van der Waals surface area contributed by atoms with Crippen molar-refractivity contribution in [1.82, 2.24) is 4.90 Å². The largest absolute Gasteiger partial charge is 0.441 e. The van der Waals surface area contributed by atoms with Crippen molar-refractivity contribution in [3.63, 3.8) is 0 Å². The number of carbonyl (C=O) groups is 1. The minimum atomic E-state index is -0.300. The molecule has 86 valence electrons. The van der Waals surface area contributed by atoms with Crippen molar-refractivity contribution < 1.29 is 9.53 Å². The fourth-order valence-electron chi connectivity index (χ4n) is 2.31. The number of hydrogen-bond donors (Lipinski definition) is 1. The summed E-state index contributed by atoms with van der Waals surface area (Å²) in [5.74, 6) is 0. The van der Waals surface area contributed by atoms with Crippen LogP contribution in [0.25, 0.3) is 0 Å². The Morgan fingerprint density at radius 3 is 2.87 bits per heavy atom. The first kappa shape index (κ1) is 10.7. The van der Waals surface area contributed by atoms with Crippen molar-refractivity contribution >= 4 is 6.09 Å². The average molecular weight is 212 g/mol. The zero-order valence-electron chi connectivity index (χ0n) is 9.37. The molecule has 1 saturated heterocycles. The zero-order valence-corrected chi connectivity index (χ0v) is 9.37. The maximum Gasteiger partial charge on any atom is 0.410 e. The van der Waals surface area contributed by atoms with Crippen LogP contribution in [0.4, 0.5) is 4.79 Å². The highest BCUT2D eigenvalue weighted by Gasteiger charge is 2.44. The second kappa shape index (κ2) is 4.00. The predicted octanol–water partition coefficient (Wildman–Crippen LogP) is 1.49. The lowest BCUT2D eigenvalue weighted by Gasteiger charge is -2.33. The smallest absolute Gasteiger partial charge is 0.410 e. The van der Waals surface area contributed by atoms with Crippen LogP contribution in [0.1, 0.15) is 39.0 Å². The summed E-state index contributed by atoms with van der Waals surface area (Å²) in [4.78, 5) is 13.6. The molecule has 1 unspecified atom stereocenters. The molecule has 1 aliphatic carbocycles. The molecule has 1 saturated carbocycles. The number of rotatable bonds is 4. The van der Waals surface area contributed by atoms with E-state index in [-0.39, 0.29) is 11.7 Å². The molecule has 1 aliphatic heterocycles. The molecule has 15 heavy (non-hydrogen) atoms. The van der Waals surface area contributed by atoms with Crippen molar-refractivity contribution in [2.75, 3.05) is 13.1 Å². The lowest BCUT2D eigenvalue weighted by atomic mass is 9.90. The summed E-state index contributed by atoms with van der Waals surface area (Å²) in [5.41, 5.74) is 5.18. The van der Waals surface area contributed by atoms with Crippen molar-refractivity contribution in [3.05, 3.63) is 0 Å². The van der Waals surface area contributed by atoms with Gasteiger partial charge >= 0.3 is 6.09 Å². The third-order valence-electron chi connectivity index (χ3n) is 3.50. The van der Waals surface area contributed by atoms with Gasteiger partial charge in [0.25, 0.3) is 0 Å². The van der Waals surface area contributed by atoms with Crippen LogP contribution in [0.5, 0.6) is 0 Å². The maximum atomic E-state index is 11.7. The standard InChI is InChI=1S/C11H20N2O2/c1-11(6-3-7-12)8-13(10(14)15-11)9-4-2-5-9/h9H,2-8,12H2,1H3. The van der Waals surface area contributed by atoms with Gasteiger partial charge in [0.2, 0.25) is 0 Å². The molecule has 1 atom stereocenters. The fourth-order valence-corrected chi connectivity index (χ4v) is 2.31. The number of amides is 1. The van der Waals surface area contributed by atoms with E-state index in [9.17, 15) is 4.79 Å². The molecule has 1 amide bonds. The number of ether oxygens (including phenoxy) is 1. The summed E-state index contributed by atoms with van der Waals surface area (Å²) in [6, 6.07) is 0.442. The molecule has 1 heterocycles. The number of nitrogens with two attached hydrogens (primary N) is 1. The van der Waals surface area contributed by atoms with E-state index in [1.807, 2.05) is 11.8 Å². The van der Waals surface area contributed by atoms with Crippen molar-refractivity contribution in [3.8, 4) is 0 Å². The van der Waals surface area contributed by atoms with E-state index in [1.165, 1.54) is 6.42 Å². The molecule has 0 aromatic heterocycles. The van der Waals surface area contributed by atoms with Crippen molar-refractivity contribution in [2.24, 2.45) is 5.73 Å². The molecular weight excluding hydrogens is 192 g/mol. The molecule has 2 fully saturated rings. The Kier molecular flexibility index (Phi) is 2.87. The Labute approximate surface area is 90.8 Å². The molecule has 0 radical (unpaired) electrons. The van der Waals surface area contributed by atoms with Gasteiger partial charge in [-0.05, 0) is 45.6 Å². The van der Waals surface area contributed by atoms with E-state index in [4.69, 9.17) is 10.5 Å². The Morgan fingerprint density at radius 2 is 2.33 bits per heavy atom. The van der Waals surface area contributed by atoms with Crippen LogP contribution in [-0.2, 0) is 4.74 Å². The van der Waals surface area contributed by atoms with Gasteiger partial charge in [0, 0.05) is 6.04 Å². The van der Waals surface area contributed by atoms with E-state index in [1.54, 1.807) is 0 Å². The van der Waals surface area contributed by atoms with E-state index in [0.717, 1.165) is 32.2 Å². The van der Waals surface area contributed by atoms with Gasteiger partial charge in [-0.3, -0.25) is 0 Å². The summed E-state index contributed by atoms with van der Waals surface area (Å²) in [6.07, 6.45) is 5.19. The second-order valence-electron chi connectivity index (χ2n) is 4.92. The molecule has 2 N–H and O–H groups in total. The van der Waals surface area contributed by atoms with Crippen LogP contribution in [0.3, 0.4) is 0 Å². The lowest BCUT2D eigenvalue weighted by Crippen LogP contribution is -2.42. The first-order valence-corrected chi connectivity index (χ1v) is 5.84. The molecule has 0 aromatic rings. The van der Waals surface area contributed by atoms with Crippen LogP contribution < -0.4 is 5.73 Å². The normalized spacial score (nSPS) is 31.6. The van der Waals surface area contributed by atoms with Gasteiger partial charge in [-0.15, -0.1) is 0 Å². The lowest BCUT2D eigenvalue weighted by molar-refractivity contribution is 0.0635. The Bertz CT molecular complexity index is 253. The number of hydrogen-bond acceptors (Lipinski definition) is 3. The van der Waals surface area contributed by atoms with Gasteiger partial charge in [-0.25, -0.2) is 4.79 Å². The average Bonchev–Trinajstić information content (AvgIpc) is 2.37. The first-order chi connectivity index (χ1) is 7.14. The third-order valence-corrected chi connectivity index (χ3v) is 3.50. The summed E-state index contributed by atoms with van der Waals surface area (Å²) < 4.78 is 5.45. The van der Waals surface area contributed by atoms with E-state index in [0.29, 0.717) is 12.6 Å². The minimum Gasteiger partial charge on any atom is -0.441 e. The molecule has 2 rings (SSSR count). The molecular formula is C11H20N2O2. The minimum absolute atomic E-state index is 0.126. The van der Waals surface area contributed by atoms with Gasteiger partial charge < -0.3 is 15.4 Å². The maximum absolute atomic E-state index is 11.7. The molecule has 2 aliphatic rings. The van der Waals surface area contributed by atoms with Gasteiger partial charge in [-0.2, -0.15) is 0 Å². The molecule has 4 heteroatoms.